The fraction of sp³-hybridized carbons (Fsp3) is 0.200. The Morgan fingerprint density at radius 3 is 1.72 bits per heavy atom. The molecule has 0 saturated heterocycles. The summed E-state index contributed by atoms with van der Waals surface area (Å²) < 4.78 is 0. The minimum absolute atomic E-state index is 0.387. The Hall–Kier alpha value is -5.20. The number of hydrogen-bond donors (Lipinski definition) is 0. The molecule has 6 aromatic rings. The summed E-state index contributed by atoms with van der Waals surface area (Å²) in [7, 11) is 0. The van der Waals surface area contributed by atoms with Gasteiger partial charge in [-0.1, -0.05) is 121 Å². The van der Waals surface area contributed by atoms with Crippen LogP contribution in [0.2, 0.25) is 0 Å². The molecule has 0 spiro atoms. The maximum absolute atomic E-state index is 2.56. The molecular weight excluding hydrogens is 601 g/mol. The van der Waals surface area contributed by atoms with Gasteiger partial charge in [-0.3, -0.25) is 0 Å². The van der Waals surface area contributed by atoms with E-state index in [1.54, 1.807) is 27.8 Å². The molecule has 0 radical (unpaired) electrons. The van der Waals surface area contributed by atoms with Gasteiger partial charge in [-0.2, -0.15) is 0 Å². The molecule has 0 aliphatic heterocycles. The maximum atomic E-state index is 2.56. The van der Waals surface area contributed by atoms with Crippen molar-refractivity contribution >= 4 is 11.1 Å². The molecule has 0 amide bonds. The zero-order valence-electron chi connectivity index (χ0n) is 29.3. The van der Waals surface area contributed by atoms with Gasteiger partial charge in [0, 0.05) is 11.8 Å². The van der Waals surface area contributed by atoms with E-state index >= 15 is 0 Å². The molecule has 0 nitrogen and oxygen atoms in total. The van der Waals surface area contributed by atoms with Crippen molar-refractivity contribution in [2.75, 3.05) is 0 Å². The molecule has 5 aliphatic rings. The normalized spacial score (nSPS) is 20.0. The Balaban J connectivity index is 1.09. The highest BCUT2D eigenvalue weighted by molar-refractivity contribution is 6.01. The van der Waals surface area contributed by atoms with E-state index in [2.05, 4.69) is 143 Å². The molecule has 5 aliphatic carbocycles. The largest absolute Gasteiger partial charge is 0.0757 e. The summed E-state index contributed by atoms with van der Waals surface area (Å²) in [5.41, 5.74) is 30.7. The third-order valence-corrected chi connectivity index (χ3v) is 12.9. The quantitative estimate of drug-likeness (QED) is 0.177. The topological polar surface area (TPSA) is 0 Å². The zero-order valence-corrected chi connectivity index (χ0v) is 29.3. The second-order valence-corrected chi connectivity index (χ2v) is 15.8. The van der Waals surface area contributed by atoms with Crippen molar-refractivity contribution in [1.82, 2.24) is 0 Å². The second kappa shape index (κ2) is 10.2. The van der Waals surface area contributed by atoms with E-state index in [-0.39, 0.29) is 0 Å². The molecule has 11 rings (SSSR count). The van der Waals surface area contributed by atoms with Crippen molar-refractivity contribution in [3.05, 3.63) is 176 Å². The van der Waals surface area contributed by atoms with Crippen molar-refractivity contribution in [2.45, 2.75) is 58.8 Å². The smallest absolute Gasteiger partial charge is 0.0149 e. The molecule has 0 bridgehead atoms. The van der Waals surface area contributed by atoms with Gasteiger partial charge in [0.2, 0.25) is 0 Å². The fourth-order valence-corrected chi connectivity index (χ4v) is 10.5. The predicted octanol–water partition coefficient (Wildman–Crippen LogP) is 12.8. The molecule has 6 aromatic carbocycles. The van der Waals surface area contributed by atoms with Crippen molar-refractivity contribution in [2.24, 2.45) is 5.92 Å². The first-order chi connectivity index (χ1) is 24.4. The second-order valence-electron chi connectivity index (χ2n) is 15.8. The maximum Gasteiger partial charge on any atom is 0.0149 e. The highest BCUT2D eigenvalue weighted by Gasteiger charge is 2.44. The molecule has 0 fully saturated rings. The molecular formula is C50H40. The number of aryl methyl sites for hydroxylation is 3. The minimum atomic E-state index is 0.387. The van der Waals surface area contributed by atoms with Crippen LogP contribution in [0.3, 0.4) is 0 Å². The number of benzene rings is 6. The lowest BCUT2D eigenvalue weighted by Crippen LogP contribution is -2.21. The van der Waals surface area contributed by atoms with Crippen molar-refractivity contribution in [3.63, 3.8) is 0 Å². The van der Waals surface area contributed by atoms with Crippen LogP contribution in [-0.4, -0.2) is 0 Å². The average Bonchev–Trinajstić information content (AvgIpc) is 3.63. The molecule has 0 heteroatoms. The monoisotopic (exact) mass is 640 g/mol. The Kier molecular flexibility index (Phi) is 5.82. The van der Waals surface area contributed by atoms with Crippen molar-refractivity contribution in [3.8, 4) is 44.5 Å². The van der Waals surface area contributed by atoms with Gasteiger partial charge in [0.15, 0.2) is 0 Å². The first-order valence-corrected chi connectivity index (χ1v) is 18.6. The van der Waals surface area contributed by atoms with E-state index < -0.39 is 0 Å². The van der Waals surface area contributed by atoms with Crippen LogP contribution < -0.4 is 0 Å². The van der Waals surface area contributed by atoms with Gasteiger partial charge in [0.1, 0.15) is 0 Å². The number of rotatable bonds is 2. The molecule has 50 heavy (non-hydrogen) atoms. The lowest BCUT2D eigenvalue weighted by atomic mass is 9.67. The molecule has 0 heterocycles. The van der Waals surface area contributed by atoms with E-state index in [9.17, 15) is 0 Å². The lowest BCUT2D eigenvalue weighted by Gasteiger charge is -2.37. The van der Waals surface area contributed by atoms with Crippen LogP contribution in [0, 0.1) is 26.7 Å². The van der Waals surface area contributed by atoms with Gasteiger partial charge in [0.05, 0.1) is 0 Å². The highest BCUT2D eigenvalue weighted by atomic mass is 14.5. The molecule has 0 N–H and O–H groups in total. The van der Waals surface area contributed by atoms with E-state index in [0.717, 1.165) is 19.3 Å². The first kappa shape index (κ1) is 28.6. The summed E-state index contributed by atoms with van der Waals surface area (Å²) in [5, 5.41) is 0. The van der Waals surface area contributed by atoms with Crippen LogP contribution >= 0.6 is 0 Å². The van der Waals surface area contributed by atoms with Gasteiger partial charge in [-0.25, -0.2) is 0 Å². The standard InChI is InChI=1S/C50H40/c1-27-5-11-31(12-6-27)33-15-19-35-37-17-9-29(3)47-39-21-22-40-44(43(39)25-45(49(37)47)41(35)23-33)26-46-42-24-34(32-13-7-28(2)8-14-32)16-20-36(42)38-18-10-30(4)48(40)50(38)46/h5-9,11-24,30,45-46H,10,25-26H2,1-4H3. The van der Waals surface area contributed by atoms with Crippen molar-refractivity contribution in [1.29, 1.82) is 0 Å². The number of allylic oxidation sites excluding steroid dienone is 4. The summed E-state index contributed by atoms with van der Waals surface area (Å²) in [6, 6.07) is 42.5. The Morgan fingerprint density at radius 1 is 0.480 bits per heavy atom. The summed E-state index contributed by atoms with van der Waals surface area (Å²) in [6.07, 6.45) is 5.83. The van der Waals surface area contributed by atoms with Crippen LogP contribution in [0.25, 0.3) is 55.7 Å². The van der Waals surface area contributed by atoms with E-state index in [4.69, 9.17) is 0 Å². The summed E-state index contributed by atoms with van der Waals surface area (Å²) in [4.78, 5) is 0. The average molecular weight is 641 g/mol. The SMILES string of the molecule is Cc1ccc(-c2ccc3c(c2)C2Cc4c(ccc5c4CC4c6cc(-c7ccc(C)cc7)ccc6-c6ccc(C)c-5c64)C4=C2C3=CCC4C)cc1. The molecule has 0 aromatic heterocycles. The van der Waals surface area contributed by atoms with Crippen LogP contribution in [-0.2, 0) is 12.8 Å². The fourth-order valence-electron chi connectivity index (χ4n) is 10.5. The van der Waals surface area contributed by atoms with Crippen LogP contribution in [0.4, 0.5) is 0 Å². The Bertz CT molecular complexity index is 2530. The Labute approximate surface area is 295 Å². The summed E-state index contributed by atoms with van der Waals surface area (Å²) in [5.74, 6) is 1.32. The molecule has 3 unspecified atom stereocenters. The van der Waals surface area contributed by atoms with E-state index in [0.29, 0.717) is 17.8 Å². The van der Waals surface area contributed by atoms with Gasteiger partial charge in [0.25, 0.3) is 0 Å². The third-order valence-electron chi connectivity index (χ3n) is 12.9. The third kappa shape index (κ3) is 3.83. The van der Waals surface area contributed by atoms with Gasteiger partial charge in [-0.15, -0.1) is 0 Å². The van der Waals surface area contributed by atoms with Gasteiger partial charge >= 0.3 is 0 Å². The predicted molar refractivity (Wildman–Crippen MR) is 210 cm³/mol. The minimum Gasteiger partial charge on any atom is -0.0757 e. The number of fused-ring (bicyclic) bond motifs is 11. The first-order valence-electron chi connectivity index (χ1n) is 18.6. The number of hydrogen-bond acceptors (Lipinski definition) is 0. The van der Waals surface area contributed by atoms with Crippen LogP contribution in [0.5, 0.6) is 0 Å². The molecule has 3 atom stereocenters. The van der Waals surface area contributed by atoms with Crippen LogP contribution in [0.15, 0.2) is 121 Å². The summed E-state index contributed by atoms with van der Waals surface area (Å²) >= 11 is 0. The summed E-state index contributed by atoms with van der Waals surface area (Å²) in [6.45, 7) is 9.15. The van der Waals surface area contributed by atoms with Crippen molar-refractivity contribution < 1.29 is 0 Å². The lowest BCUT2D eigenvalue weighted by molar-refractivity contribution is 0.707. The highest BCUT2D eigenvalue weighted by Crippen LogP contribution is 2.61. The van der Waals surface area contributed by atoms with Gasteiger partial charge < -0.3 is 0 Å². The molecule has 240 valence electrons. The Morgan fingerprint density at radius 2 is 1.02 bits per heavy atom. The zero-order chi connectivity index (χ0) is 33.4. The van der Waals surface area contributed by atoms with E-state index in [1.165, 1.54) is 89.0 Å². The van der Waals surface area contributed by atoms with Crippen LogP contribution in [0.1, 0.15) is 80.8 Å². The van der Waals surface area contributed by atoms with Gasteiger partial charge in [-0.05, 0) is 164 Å². The van der Waals surface area contributed by atoms with E-state index in [1.807, 2.05) is 0 Å². The molecule has 0 saturated carbocycles.